The number of hydrogen-bond donors (Lipinski definition) is 2. The second-order valence-electron chi connectivity index (χ2n) is 4.65. The number of aromatic nitrogens is 2. The highest BCUT2D eigenvalue weighted by Gasteiger charge is 2.33. The molecule has 1 unspecified atom stereocenters. The first-order valence-electron chi connectivity index (χ1n) is 6.30. The van der Waals surface area contributed by atoms with Crippen LogP contribution in [-0.4, -0.2) is 29.4 Å². The lowest BCUT2D eigenvalue weighted by Gasteiger charge is -2.12. The number of nitrogens with one attached hydrogen (secondary N) is 1. The third-order valence-corrected chi connectivity index (χ3v) is 3.37. The maximum Gasteiger partial charge on any atom is 0.345 e. The predicted molar refractivity (Wildman–Crippen MR) is 69.6 cm³/mol. The Hall–Kier alpha value is -1.72. The Morgan fingerprint density at radius 3 is 2.83 bits per heavy atom. The smallest absolute Gasteiger partial charge is 0.345 e. The van der Waals surface area contributed by atoms with Gasteiger partial charge in [0.25, 0.3) is 0 Å². The van der Waals surface area contributed by atoms with Crippen molar-refractivity contribution in [1.82, 2.24) is 9.78 Å². The van der Waals surface area contributed by atoms with Gasteiger partial charge < -0.3 is 15.8 Å². The average Bonchev–Trinajstić information content (AvgIpc) is 3.14. The van der Waals surface area contributed by atoms with Crippen LogP contribution < -0.4 is 11.1 Å². The lowest BCUT2D eigenvalue weighted by molar-refractivity contribution is 0.0603. The Kier molecular flexibility index (Phi) is 3.45. The molecule has 0 aliphatic heterocycles. The van der Waals surface area contributed by atoms with Crippen LogP contribution in [0, 0.1) is 5.92 Å². The van der Waals surface area contributed by atoms with E-state index in [0.29, 0.717) is 29.7 Å². The molecule has 0 aromatic carbocycles. The zero-order valence-corrected chi connectivity index (χ0v) is 11.1. The molecule has 1 atom stereocenters. The van der Waals surface area contributed by atoms with Crippen molar-refractivity contribution >= 4 is 17.6 Å². The molecule has 1 aliphatic rings. The number of ether oxygens (including phenoxy) is 1. The number of nitrogen functional groups attached to an aromatic ring is 1. The van der Waals surface area contributed by atoms with Gasteiger partial charge in [-0.15, -0.1) is 0 Å². The Morgan fingerprint density at radius 2 is 2.33 bits per heavy atom. The minimum Gasteiger partial charge on any atom is -0.465 e. The van der Waals surface area contributed by atoms with Gasteiger partial charge in [0.15, 0.2) is 5.82 Å². The summed E-state index contributed by atoms with van der Waals surface area (Å²) in [6.45, 7) is 4.71. The van der Waals surface area contributed by atoms with Crippen molar-refractivity contribution in [3.63, 3.8) is 0 Å². The van der Waals surface area contributed by atoms with Crippen molar-refractivity contribution in [2.45, 2.75) is 32.7 Å². The highest BCUT2D eigenvalue weighted by molar-refractivity contribution is 5.99. The molecule has 100 valence electrons. The molecule has 0 spiro atoms. The minimum atomic E-state index is -0.447. The standard InChI is InChI=1S/C12H20N4O2/c1-4-14-11-9(12(17)18-3)10(13)16(15-11)7(2)8-5-6-8/h7-8H,4-6,13H2,1-3H3,(H,14,15). The zero-order chi connectivity index (χ0) is 13.3. The van der Waals surface area contributed by atoms with E-state index in [4.69, 9.17) is 10.5 Å². The summed E-state index contributed by atoms with van der Waals surface area (Å²) in [6, 6.07) is 0.223. The molecular weight excluding hydrogens is 232 g/mol. The Bertz CT molecular complexity index is 451. The average molecular weight is 252 g/mol. The lowest BCUT2D eigenvalue weighted by Crippen LogP contribution is -2.13. The van der Waals surface area contributed by atoms with Crippen LogP contribution in [0.4, 0.5) is 11.6 Å². The SMILES string of the molecule is CCNc1nn(C(C)C2CC2)c(N)c1C(=O)OC. The molecular formula is C12H20N4O2. The predicted octanol–water partition coefficient (Wildman–Crippen LogP) is 1.65. The fraction of sp³-hybridized carbons (Fsp3) is 0.667. The van der Waals surface area contributed by atoms with E-state index in [0.717, 1.165) is 0 Å². The van der Waals surface area contributed by atoms with Crippen LogP contribution >= 0.6 is 0 Å². The number of hydrogen-bond acceptors (Lipinski definition) is 5. The lowest BCUT2D eigenvalue weighted by atomic mass is 10.2. The second-order valence-corrected chi connectivity index (χ2v) is 4.65. The van der Waals surface area contributed by atoms with Crippen molar-refractivity contribution in [3.05, 3.63) is 5.56 Å². The van der Waals surface area contributed by atoms with E-state index in [2.05, 4.69) is 17.3 Å². The minimum absolute atomic E-state index is 0.223. The van der Waals surface area contributed by atoms with Crippen LogP contribution in [0.1, 0.15) is 43.1 Å². The molecule has 18 heavy (non-hydrogen) atoms. The molecule has 1 aliphatic carbocycles. The first-order valence-corrected chi connectivity index (χ1v) is 6.30. The van der Waals surface area contributed by atoms with E-state index < -0.39 is 5.97 Å². The Labute approximate surface area is 106 Å². The van der Waals surface area contributed by atoms with Gasteiger partial charge in [0.1, 0.15) is 11.4 Å². The second kappa shape index (κ2) is 4.88. The largest absolute Gasteiger partial charge is 0.465 e. The third-order valence-electron chi connectivity index (χ3n) is 3.37. The third kappa shape index (κ3) is 2.14. The molecule has 6 heteroatoms. The van der Waals surface area contributed by atoms with E-state index in [1.54, 1.807) is 4.68 Å². The van der Waals surface area contributed by atoms with Crippen LogP contribution in [0.2, 0.25) is 0 Å². The molecule has 1 saturated carbocycles. The molecule has 6 nitrogen and oxygen atoms in total. The highest BCUT2D eigenvalue weighted by Crippen LogP contribution is 2.41. The quantitative estimate of drug-likeness (QED) is 0.779. The van der Waals surface area contributed by atoms with Crippen molar-refractivity contribution in [3.8, 4) is 0 Å². The number of esters is 1. The number of nitrogens with zero attached hydrogens (tertiary/aromatic N) is 2. The zero-order valence-electron chi connectivity index (χ0n) is 11.1. The van der Waals surface area contributed by atoms with E-state index in [1.165, 1.54) is 20.0 Å². The summed E-state index contributed by atoms with van der Waals surface area (Å²) >= 11 is 0. The summed E-state index contributed by atoms with van der Waals surface area (Å²) in [7, 11) is 1.35. The van der Waals surface area contributed by atoms with Gasteiger partial charge in [-0.1, -0.05) is 0 Å². The normalized spacial score (nSPS) is 16.4. The van der Waals surface area contributed by atoms with Crippen LogP contribution in [0.5, 0.6) is 0 Å². The van der Waals surface area contributed by atoms with Gasteiger partial charge in [-0.2, -0.15) is 5.10 Å². The molecule has 1 aromatic heterocycles. The van der Waals surface area contributed by atoms with E-state index >= 15 is 0 Å². The first kappa shape index (κ1) is 12.7. The van der Waals surface area contributed by atoms with E-state index in [-0.39, 0.29) is 6.04 Å². The molecule has 0 saturated heterocycles. The van der Waals surface area contributed by atoms with Crippen LogP contribution in [0.3, 0.4) is 0 Å². The number of nitrogens with two attached hydrogens (primary N) is 1. The van der Waals surface area contributed by atoms with Crippen LogP contribution in [0.15, 0.2) is 0 Å². The van der Waals surface area contributed by atoms with E-state index in [1.807, 2.05) is 6.92 Å². The molecule has 0 bridgehead atoms. The molecule has 1 heterocycles. The number of rotatable bonds is 5. The number of methoxy groups -OCH3 is 1. The Morgan fingerprint density at radius 1 is 1.67 bits per heavy atom. The molecule has 1 fully saturated rings. The number of carbonyl (C=O) groups excluding carboxylic acids is 1. The maximum absolute atomic E-state index is 11.8. The van der Waals surface area contributed by atoms with Crippen molar-refractivity contribution in [1.29, 1.82) is 0 Å². The van der Waals surface area contributed by atoms with Gasteiger partial charge in [-0.25, -0.2) is 9.48 Å². The van der Waals surface area contributed by atoms with Crippen LogP contribution in [0.25, 0.3) is 0 Å². The summed E-state index contributed by atoms with van der Waals surface area (Å²) in [5.41, 5.74) is 6.38. The summed E-state index contributed by atoms with van der Waals surface area (Å²) in [6.07, 6.45) is 2.40. The molecule has 2 rings (SSSR count). The van der Waals surface area contributed by atoms with Gasteiger partial charge in [0.2, 0.25) is 0 Å². The first-order chi connectivity index (χ1) is 8.60. The summed E-state index contributed by atoms with van der Waals surface area (Å²) in [5.74, 6) is 1.07. The molecule has 0 amide bonds. The summed E-state index contributed by atoms with van der Waals surface area (Å²) in [5, 5.41) is 7.46. The summed E-state index contributed by atoms with van der Waals surface area (Å²) < 4.78 is 6.50. The van der Waals surface area contributed by atoms with Crippen molar-refractivity contribution in [2.75, 3.05) is 24.7 Å². The summed E-state index contributed by atoms with van der Waals surface area (Å²) in [4.78, 5) is 11.8. The van der Waals surface area contributed by atoms with Gasteiger partial charge in [0, 0.05) is 6.54 Å². The van der Waals surface area contributed by atoms with E-state index in [9.17, 15) is 4.79 Å². The highest BCUT2D eigenvalue weighted by atomic mass is 16.5. The molecule has 1 aromatic rings. The van der Waals surface area contributed by atoms with Crippen LogP contribution in [-0.2, 0) is 4.74 Å². The fourth-order valence-electron chi connectivity index (χ4n) is 2.13. The van der Waals surface area contributed by atoms with Gasteiger partial charge in [0.05, 0.1) is 13.2 Å². The fourth-order valence-corrected chi connectivity index (χ4v) is 2.13. The van der Waals surface area contributed by atoms with Gasteiger partial charge in [-0.3, -0.25) is 0 Å². The maximum atomic E-state index is 11.8. The topological polar surface area (TPSA) is 82.2 Å². The number of carbonyl (C=O) groups is 1. The molecule has 0 radical (unpaired) electrons. The Balaban J connectivity index is 2.39. The van der Waals surface area contributed by atoms with Gasteiger partial charge in [-0.05, 0) is 32.6 Å². The number of anilines is 2. The van der Waals surface area contributed by atoms with Crippen molar-refractivity contribution in [2.24, 2.45) is 5.92 Å². The van der Waals surface area contributed by atoms with Gasteiger partial charge >= 0.3 is 5.97 Å². The van der Waals surface area contributed by atoms with Crippen molar-refractivity contribution < 1.29 is 9.53 Å². The monoisotopic (exact) mass is 252 g/mol. The molecule has 3 N–H and O–H groups in total.